The van der Waals surface area contributed by atoms with Gasteiger partial charge in [0.25, 0.3) is 0 Å². The highest BCUT2D eigenvalue weighted by Gasteiger charge is 2.11. The van der Waals surface area contributed by atoms with Gasteiger partial charge < -0.3 is 4.98 Å². The Bertz CT molecular complexity index is 691. The fourth-order valence-electron chi connectivity index (χ4n) is 1.92. The van der Waals surface area contributed by atoms with Crippen molar-refractivity contribution >= 4 is 22.6 Å². The lowest BCUT2D eigenvalue weighted by Crippen LogP contribution is -1.97. The number of aromatic amines is 1. The molecule has 0 saturated heterocycles. The monoisotopic (exact) mass is 258 g/mol. The normalized spacial score (nSPS) is 11.0. The molecule has 0 unspecified atom stereocenters. The van der Waals surface area contributed by atoms with E-state index in [0.29, 0.717) is 11.0 Å². The van der Waals surface area contributed by atoms with Crippen LogP contribution in [-0.4, -0.2) is 19.9 Å². The van der Waals surface area contributed by atoms with Crippen LogP contribution in [0.25, 0.3) is 22.6 Å². The summed E-state index contributed by atoms with van der Waals surface area (Å²) in [6.45, 7) is 2.06. The average molecular weight is 259 g/mol. The lowest BCUT2D eigenvalue weighted by molar-refractivity contribution is 1.03. The Kier molecular flexibility index (Phi) is 2.72. The van der Waals surface area contributed by atoms with E-state index in [1.54, 1.807) is 6.20 Å². The number of aryl methyl sites for hydroxylation is 1. The number of rotatable bonds is 2. The molecular weight excluding hydrogens is 248 g/mol. The van der Waals surface area contributed by atoms with Crippen LogP contribution in [0.5, 0.6) is 0 Å². The Balaban J connectivity index is 2.25. The lowest BCUT2D eigenvalue weighted by Gasteiger charge is -2.03. The van der Waals surface area contributed by atoms with Crippen LogP contribution < -0.4 is 0 Å². The molecule has 0 aromatic carbocycles. The van der Waals surface area contributed by atoms with E-state index in [1.165, 1.54) is 0 Å². The Morgan fingerprint density at radius 3 is 2.89 bits per heavy atom. The van der Waals surface area contributed by atoms with Gasteiger partial charge >= 0.3 is 0 Å². The number of hydrogen-bond acceptors (Lipinski definition) is 3. The molecule has 1 N–H and O–H groups in total. The number of fused-ring (bicyclic) bond motifs is 1. The molecule has 0 radical (unpaired) electrons. The summed E-state index contributed by atoms with van der Waals surface area (Å²) in [6, 6.07) is 7.54. The van der Waals surface area contributed by atoms with Gasteiger partial charge in [0.2, 0.25) is 0 Å². The highest BCUT2D eigenvalue weighted by Crippen LogP contribution is 2.23. The highest BCUT2D eigenvalue weighted by atomic mass is 35.5. The second-order valence-electron chi connectivity index (χ2n) is 3.94. The van der Waals surface area contributed by atoms with E-state index in [0.717, 1.165) is 28.8 Å². The smallest absolute Gasteiger partial charge is 0.180 e. The molecule has 3 rings (SSSR count). The summed E-state index contributed by atoms with van der Waals surface area (Å²) in [5, 5.41) is 1.55. The van der Waals surface area contributed by atoms with Crippen molar-refractivity contribution < 1.29 is 0 Å². The van der Waals surface area contributed by atoms with Crippen LogP contribution in [-0.2, 0) is 6.42 Å². The molecule has 18 heavy (non-hydrogen) atoms. The first kappa shape index (κ1) is 11.2. The van der Waals surface area contributed by atoms with Gasteiger partial charge in [-0.05, 0) is 24.6 Å². The van der Waals surface area contributed by atoms with Crippen LogP contribution in [0.15, 0.2) is 30.5 Å². The maximum atomic E-state index is 5.97. The third-order valence-electron chi connectivity index (χ3n) is 2.76. The van der Waals surface area contributed by atoms with Gasteiger partial charge in [0, 0.05) is 11.6 Å². The van der Waals surface area contributed by atoms with Crippen molar-refractivity contribution in [3.8, 4) is 11.5 Å². The van der Waals surface area contributed by atoms with Gasteiger partial charge in [0.1, 0.15) is 16.5 Å². The van der Waals surface area contributed by atoms with Crippen molar-refractivity contribution in [1.29, 1.82) is 0 Å². The molecule has 5 heteroatoms. The zero-order chi connectivity index (χ0) is 12.5. The lowest BCUT2D eigenvalue weighted by atomic mass is 10.2. The molecule has 4 nitrogen and oxygen atoms in total. The summed E-state index contributed by atoms with van der Waals surface area (Å²) in [7, 11) is 0. The van der Waals surface area contributed by atoms with E-state index in [-0.39, 0.29) is 0 Å². The van der Waals surface area contributed by atoms with Gasteiger partial charge in [-0.2, -0.15) is 0 Å². The number of aromatic nitrogens is 4. The minimum atomic E-state index is 0.576. The molecule has 0 aliphatic heterocycles. The van der Waals surface area contributed by atoms with Crippen molar-refractivity contribution in [3.63, 3.8) is 0 Å². The summed E-state index contributed by atoms with van der Waals surface area (Å²) < 4.78 is 0. The summed E-state index contributed by atoms with van der Waals surface area (Å²) >= 11 is 5.97. The number of nitrogens with one attached hydrogen (secondary N) is 1. The van der Waals surface area contributed by atoms with Crippen LogP contribution in [0.4, 0.5) is 0 Å². The van der Waals surface area contributed by atoms with Crippen LogP contribution >= 0.6 is 11.6 Å². The molecule has 0 saturated carbocycles. The summed E-state index contributed by atoms with van der Waals surface area (Å²) in [6.07, 6.45) is 2.56. The SMILES string of the molecule is CCc1nc(-c2ccccn2)nc2[nH]c(Cl)cc12. The predicted molar refractivity (Wildman–Crippen MR) is 71.5 cm³/mol. The second-order valence-corrected chi connectivity index (χ2v) is 4.35. The van der Waals surface area contributed by atoms with E-state index in [1.807, 2.05) is 24.3 Å². The number of H-pyrrole nitrogens is 1. The largest absolute Gasteiger partial charge is 0.330 e. The quantitative estimate of drug-likeness (QED) is 0.768. The number of pyridine rings is 1. The topological polar surface area (TPSA) is 54.5 Å². The van der Waals surface area contributed by atoms with Gasteiger partial charge in [0.15, 0.2) is 5.82 Å². The Morgan fingerprint density at radius 2 is 2.17 bits per heavy atom. The van der Waals surface area contributed by atoms with Gasteiger partial charge in [0.05, 0.1) is 5.69 Å². The first-order valence-corrected chi connectivity index (χ1v) is 6.12. The fraction of sp³-hybridized carbons (Fsp3) is 0.154. The molecule has 0 aliphatic rings. The van der Waals surface area contributed by atoms with E-state index in [9.17, 15) is 0 Å². The van der Waals surface area contributed by atoms with E-state index in [4.69, 9.17) is 11.6 Å². The first-order valence-electron chi connectivity index (χ1n) is 5.74. The molecule has 90 valence electrons. The molecule has 0 atom stereocenters. The van der Waals surface area contributed by atoms with Crippen molar-refractivity contribution in [2.45, 2.75) is 13.3 Å². The van der Waals surface area contributed by atoms with E-state index in [2.05, 4.69) is 26.9 Å². The number of nitrogens with zero attached hydrogens (tertiary/aromatic N) is 3. The summed E-state index contributed by atoms with van der Waals surface area (Å²) in [5.41, 5.74) is 2.50. The Morgan fingerprint density at radius 1 is 1.28 bits per heavy atom. The molecule has 3 aromatic rings. The molecule has 3 aromatic heterocycles. The zero-order valence-electron chi connectivity index (χ0n) is 9.81. The minimum absolute atomic E-state index is 0.576. The Hall–Kier alpha value is -1.94. The first-order chi connectivity index (χ1) is 8.78. The summed E-state index contributed by atoms with van der Waals surface area (Å²) in [5.74, 6) is 0.624. The third-order valence-corrected chi connectivity index (χ3v) is 2.97. The van der Waals surface area contributed by atoms with Crippen LogP contribution in [0.3, 0.4) is 0 Å². The summed E-state index contributed by atoms with van der Waals surface area (Å²) in [4.78, 5) is 16.3. The van der Waals surface area contributed by atoms with Gasteiger partial charge in [-0.15, -0.1) is 0 Å². The standard InChI is InChI=1S/C13H11ClN4/c1-2-9-8-7-11(14)17-12(8)18-13(16-9)10-5-3-4-6-15-10/h3-7H,2H2,1H3,(H,16,17,18). The fourth-order valence-corrected chi connectivity index (χ4v) is 2.12. The molecule has 0 aliphatic carbocycles. The predicted octanol–water partition coefficient (Wildman–Crippen LogP) is 3.24. The number of halogens is 1. The molecular formula is C13H11ClN4. The van der Waals surface area contributed by atoms with Gasteiger partial charge in [-0.3, -0.25) is 4.98 Å². The van der Waals surface area contributed by atoms with Crippen LogP contribution in [0.1, 0.15) is 12.6 Å². The number of hydrogen-bond donors (Lipinski definition) is 1. The molecule has 0 amide bonds. The Labute approximate surface area is 109 Å². The third kappa shape index (κ3) is 1.84. The second kappa shape index (κ2) is 4.38. The van der Waals surface area contributed by atoms with Gasteiger partial charge in [-0.25, -0.2) is 9.97 Å². The zero-order valence-corrected chi connectivity index (χ0v) is 10.6. The highest BCUT2D eigenvalue weighted by molar-refractivity contribution is 6.30. The minimum Gasteiger partial charge on any atom is -0.330 e. The van der Waals surface area contributed by atoms with Crippen molar-refractivity contribution in [2.24, 2.45) is 0 Å². The molecule has 0 bridgehead atoms. The van der Waals surface area contributed by atoms with Crippen molar-refractivity contribution in [2.75, 3.05) is 0 Å². The van der Waals surface area contributed by atoms with E-state index < -0.39 is 0 Å². The van der Waals surface area contributed by atoms with Crippen molar-refractivity contribution in [3.05, 3.63) is 41.3 Å². The molecule has 0 fully saturated rings. The van der Waals surface area contributed by atoms with E-state index >= 15 is 0 Å². The molecule has 3 heterocycles. The maximum Gasteiger partial charge on any atom is 0.180 e. The van der Waals surface area contributed by atoms with Gasteiger partial charge in [-0.1, -0.05) is 24.6 Å². The molecule has 0 spiro atoms. The average Bonchev–Trinajstić information content (AvgIpc) is 2.78. The van der Waals surface area contributed by atoms with Crippen LogP contribution in [0, 0.1) is 0 Å². The van der Waals surface area contributed by atoms with Crippen molar-refractivity contribution in [1.82, 2.24) is 19.9 Å². The maximum absolute atomic E-state index is 5.97. The van der Waals surface area contributed by atoms with Crippen LogP contribution in [0.2, 0.25) is 5.15 Å².